The maximum absolute atomic E-state index is 12.2. The van der Waals surface area contributed by atoms with Gasteiger partial charge in [-0.05, 0) is 97.7 Å². The molecule has 0 aromatic carbocycles. The van der Waals surface area contributed by atoms with E-state index in [1.54, 1.807) is 0 Å². The summed E-state index contributed by atoms with van der Waals surface area (Å²) in [5.41, 5.74) is -0.488. The summed E-state index contributed by atoms with van der Waals surface area (Å²) in [5, 5.41) is 218. The van der Waals surface area contributed by atoms with Crippen LogP contribution in [0.1, 0.15) is 85.5 Å². The third-order valence-corrected chi connectivity index (χ3v) is 23.6. The number of ether oxygens (including phenoxy) is 13. The SMILES string of the molecule is CC(CCC1(O)OC2CC3C4CCC5CC(OC6OC(CO)C(OC7OC(CO)C(O)C(OC8OCC(O)C(O)C8O)C7OC7OC(CO)C(O)C(OC8OCC(O)C(O)C8O)C7O)C(O)C6O)C(O)CC5(C)C4CCC3(C)C2C1C)COC1OC(CO)C(O)C(O)C1O. The standard InChI is InChI=1S/C61H102O33/c1-21(18-82-53-46(78)42(74)39(71)32(14-62)86-53)7-10-61(81)22(2)36-31(94-61)12-26-24-6-5-23-11-30(27(66)13-60(23,4)25(24)8-9-59(26,36)3)85-56-47(79)43(75)49(35(17-65)89-56)90-58-52(51(41(73)34(16-64)88-58)92-55-45(77)38(70)29(68)20-84-55)93-57-48(80)50(40(72)33(15-63)87-57)91-54-44(76)37(69)28(67)19-83-54/h21-58,62-81H,5-20H2,1-4H3. The minimum Gasteiger partial charge on any atom is -0.394 e. The van der Waals surface area contributed by atoms with Gasteiger partial charge in [0, 0.05) is 12.3 Å². The predicted octanol–water partition coefficient (Wildman–Crippen LogP) is -8.06. The van der Waals surface area contributed by atoms with Gasteiger partial charge < -0.3 is 164 Å². The summed E-state index contributed by atoms with van der Waals surface area (Å²) in [6.45, 7) is 4.05. The monoisotopic (exact) mass is 1360 g/mol. The number of rotatable bonds is 20. The normalized spacial score (nSPS) is 55.7. The van der Waals surface area contributed by atoms with Crippen molar-refractivity contribution in [2.45, 2.75) is 282 Å². The van der Waals surface area contributed by atoms with Crippen molar-refractivity contribution in [2.75, 3.05) is 46.2 Å². The minimum atomic E-state index is -2.16. The molecule has 0 aromatic heterocycles. The zero-order chi connectivity index (χ0) is 67.9. The average Bonchev–Trinajstić information content (AvgIpc) is 1.49. The maximum Gasteiger partial charge on any atom is 0.187 e. The van der Waals surface area contributed by atoms with E-state index in [1.807, 2.05) is 6.92 Å². The Labute approximate surface area is 542 Å². The van der Waals surface area contributed by atoms with E-state index < -0.39 is 230 Å². The van der Waals surface area contributed by atoms with Gasteiger partial charge in [0.05, 0.1) is 64.6 Å². The molecule has 0 bridgehead atoms. The second kappa shape index (κ2) is 29.6. The second-order valence-electron chi connectivity index (χ2n) is 29.1. The molecule has 7 saturated heterocycles. The van der Waals surface area contributed by atoms with Gasteiger partial charge in [0.15, 0.2) is 43.5 Å². The number of hydrogen-bond donors (Lipinski definition) is 20. The molecule has 0 amide bonds. The van der Waals surface area contributed by atoms with E-state index >= 15 is 0 Å². The van der Waals surface area contributed by atoms with E-state index in [0.29, 0.717) is 31.6 Å². The van der Waals surface area contributed by atoms with Crippen LogP contribution in [0.3, 0.4) is 0 Å². The van der Waals surface area contributed by atoms with Crippen LogP contribution in [0, 0.1) is 52.3 Å². The van der Waals surface area contributed by atoms with E-state index in [-0.39, 0.29) is 59.0 Å². The Morgan fingerprint density at radius 1 is 0.468 bits per heavy atom. The van der Waals surface area contributed by atoms with Gasteiger partial charge in [0.2, 0.25) is 0 Å². The van der Waals surface area contributed by atoms with Crippen LogP contribution >= 0.6 is 0 Å². The lowest BCUT2D eigenvalue weighted by molar-refractivity contribution is -0.409. The molecule has 4 aliphatic carbocycles. The summed E-state index contributed by atoms with van der Waals surface area (Å²) in [4.78, 5) is 0. The Hall–Kier alpha value is -1.32. The van der Waals surface area contributed by atoms with Gasteiger partial charge in [0.1, 0.15) is 134 Å². The fraction of sp³-hybridized carbons (Fsp3) is 1.00. The Bertz CT molecular complexity index is 2440. The maximum atomic E-state index is 12.2. The van der Waals surface area contributed by atoms with Gasteiger partial charge in [-0.2, -0.15) is 0 Å². The molecule has 0 radical (unpaired) electrons. The second-order valence-corrected chi connectivity index (χ2v) is 29.1. The van der Waals surface area contributed by atoms with E-state index in [0.717, 1.165) is 32.1 Å². The number of fused-ring (bicyclic) bond motifs is 7. The molecular formula is C61H102O33. The van der Waals surface area contributed by atoms with Crippen LogP contribution in [0.25, 0.3) is 0 Å². The molecular weight excluding hydrogens is 1260 g/mol. The molecule has 7 aliphatic heterocycles. The van der Waals surface area contributed by atoms with E-state index in [1.165, 1.54) is 0 Å². The van der Waals surface area contributed by atoms with Crippen molar-refractivity contribution in [3.63, 3.8) is 0 Å². The van der Waals surface area contributed by atoms with Gasteiger partial charge in [0.25, 0.3) is 0 Å². The lowest BCUT2D eigenvalue weighted by Crippen LogP contribution is -2.69. The van der Waals surface area contributed by atoms with Crippen LogP contribution in [-0.4, -0.2) is 345 Å². The van der Waals surface area contributed by atoms with Gasteiger partial charge in [-0.1, -0.05) is 27.7 Å². The Kier molecular flexibility index (Phi) is 23.2. The lowest BCUT2D eigenvalue weighted by Gasteiger charge is -2.62. The first-order valence-corrected chi connectivity index (χ1v) is 33.3. The molecule has 41 atom stereocenters. The highest BCUT2D eigenvalue weighted by Gasteiger charge is 2.69. The summed E-state index contributed by atoms with van der Waals surface area (Å²) in [5.74, 6) is -0.813. The highest BCUT2D eigenvalue weighted by Crippen LogP contribution is 2.71. The Morgan fingerprint density at radius 2 is 0.989 bits per heavy atom. The van der Waals surface area contributed by atoms with Crippen molar-refractivity contribution >= 4 is 0 Å². The lowest BCUT2D eigenvalue weighted by atomic mass is 9.44. The van der Waals surface area contributed by atoms with Gasteiger partial charge in [-0.25, -0.2) is 0 Å². The van der Waals surface area contributed by atoms with Crippen molar-refractivity contribution in [1.29, 1.82) is 0 Å². The van der Waals surface area contributed by atoms with Gasteiger partial charge in [-0.15, -0.1) is 0 Å². The van der Waals surface area contributed by atoms with Crippen LogP contribution in [0.4, 0.5) is 0 Å². The molecule has 33 nitrogen and oxygen atoms in total. The average molecular weight is 1360 g/mol. The highest BCUT2D eigenvalue weighted by atomic mass is 16.8. The molecule has 11 aliphatic rings. The molecule has 33 heteroatoms. The van der Waals surface area contributed by atoms with E-state index in [9.17, 15) is 102 Å². The third kappa shape index (κ3) is 13.7. The molecule has 4 saturated carbocycles. The number of hydrogen-bond acceptors (Lipinski definition) is 33. The van der Waals surface area contributed by atoms with Crippen molar-refractivity contribution in [2.24, 2.45) is 52.3 Å². The molecule has 7 heterocycles. The van der Waals surface area contributed by atoms with Crippen LogP contribution in [0.15, 0.2) is 0 Å². The molecule has 11 rings (SSSR count). The Morgan fingerprint density at radius 3 is 1.62 bits per heavy atom. The summed E-state index contributed by atoms with van der Waals surface area (Å²) in [6, 6.07) is 0. The van der Waals surface area contributed by atoms with Crippen LogP contribution in [0.2, 0.25) is 0 Å². The van der Waals surface area contributed by atoms with E-state index in [2.05, 4.69) is 20.8 Å². The molecule has 20 N–H and O–H groups in total. The molecule has 94 heavy (non-hydrogen) atoms. The molecule has 11 fully saturated rings. The van der Waals surface area contributed by atoms with Gasteiger partial charge in [-0.3, -0.25) is 0 Å². The third-order valence-electron chi connectivity index (χ3n) is 23.6. The van der Waals surface area contributed by atoms with Crippen LogP contribution in [-0.2, 0) is 61.6 Å². The van der Waals surface area contributed by atoms with Crippen molar-refractivity contribution in [1.82, 2.24) is 0 Å². The van der Waals surface area contributed by atoms with Crippen LogP contribution < -0.4 is 0 Å². The Balaban J connectivity index is 0.739. The highest BCUT2D eigenvalue weighted by molar-refractivity contribution is 5.16. The topological polar surface area (TPSA) is 525 Å². The van der Waals surface area contributed by atoms with Crippen LogP contribution in [0.5, 0.6) is 0 Å². The van der Waals surface area contributed by atoms with E-state index in [4.69, 9.17) is 61.6 Å². The van der Waals surface area contributed by atoms with Gasteiger partial charge >= 0.3 is 0 Å². The summed E-state index contributed by atoms with van der Waals surface area (Å²) in [6.07, 6.45) is -46.3. The fourth-order valence-electron chi connectivity index (χ4n) is 18.1. The zero-order valence-electron chi connectivity index (χ0n) is 53.0. The summed E-state index contributed by atoms with van der Waals surface area (Å²) >= 11 is 0. The van der Waals surface area contributed by atoms with Crippen molar-refractivity contribution < 1.29 is 164 Å². The minimum absolute atomic E-state index is 0.0482. The molecule has 0 aromatic rings. The quantitative estimate of drug-likeness (QED) is 0.0504. The molecule has 41 unspecified atom stereocenters. The summed E-state index contributed by atoms with van der Waals surface area (Å²) in [7, 11) is 0. The fourth-order valence-corrected chi connectivity index (χ4v) is 18.1. The smallest absolute Gasteiger partial charge is 0.187 e. The summed E-state index contributed by atoms with van der Waals surface area (Å²) < 4.78 is 77.4. The van der Waals surface area contributed by atoms with Crippen molar-refractivity contribution in [3.05, 3.63) is 0 Å². The molecule has 0 spiro atoms. The van der Waals surface area contributed by atoms with Crippen molar-refractivity contribution in [3.8, 4) is 0 Å². The number of aliphatic hydroxyl groups is 20. The first-order valence-electron chi connectivity index (χ1n) is 33.3. The zero-order valence-corrected chi connectivity index (χ0v) is 53.0. The largest absolute Gasteiger partial charge is 0.394 e. The first-order chi connectivity index (χ1) is 44.5. The molecule has 544 valence electrons. The number of aliphatic hydroxyl groups excluding tert-OH is 19. The first kappa shape index (κ1) is 73.9. The predicted molar refractivity (Wildman–Crippen MR) is 306 cm³/mol.